The molecule has 0 aromatic heterocycles. The Morgan fingerprint density at radius 3 is 2.23 bits per heavy atom. The summed E-state index contributed by atoms with van der Waals surface area (Å²) in [5, 5.41) is 0. The van der Waals surface area contributed by atoms with Gasteiger partial charge in [0.25, 0.3) is 0 Å². The lowest BCUT2D eigenvalue weighted by Gasteiger charge is -2.38. The Kier molecular flexibility index (Phi) is 4.49. The van der Waals surface area contributed by atoms with Crippen molar-refractivity contribution in [2.45, 2.75) is 51.7 Å². The summed E-state index contributed by atoms with van der Waals surface area (Å²) in [6.07, 6.45) is 1.19. The van der Waals surface area contributed by atoms with Gasteiger partial charge in [-0.2, -0.15) is 0 Å². The predicted octanol–water partition coefficient (Wildman–Crippen LogP) is 4.78. The van der Waals surface area contributed by atoms with Gasteiger partial charge in [-0.15, -0.1) is 0 Å². The molecule has 4 nitrogen and oxygen atoms in total. The highest BCUT2D eigenvalue weighted by Crippen LogP contribution is 2.62. The molecular weight excluding hydrogens is 376 g/mol. The highest BCUT2D eigenvalue weighted by Gasteiger charge is 2.63. The first kappa shape index (κ1) is 19.3. The second-order valence-corrected chi connectivity index (χ2v) is 10.0. The van der Waals surface area contributed by atoms with Gasteiger partial charge in [0.15, 0.2) is 0 Å². The van der Waals surface area contributed by atoms with Crippen LogP contribution in [-0.2, 0) is 20.7 Å². The number of esters is 2. The van der Waals surface area contributed by atoms with Crippen LogP contribution in [0.25, 0.3) is 0 Å². The van der Waals surface area contributed by atoms with Crippen LogP contribution in [0.1, 0.15) is 54.6 Å². The molecule has 0 heterocycles. The van der Waals surface area contributed by atoms with Crippen LogP contribution in [0.15, 0.2) is 54.6 Å². The Morgan fingerprint density at radius 1 is 0.833 bits per heavy atom. The van der Waals surface area contributed by atoms with Crippen molar-refractivity contribution in [3.05, 3.63) is 71.3 Å². The minimum atomic E-state index is -0.589. The average molecular weight is 405 g/mol. The molecule has 156 valence electrons. The molecule has 0 amide bonds. The first-order chi connectivity index (χ1) is 14.3. The molecule has 2 fully saturated rings. The fraction of sp³-hybridized carbons (Fsp3) is 0.462. The van der Waals surface area contributed by atoms with E-state index < -0.39 is 11.5 Å². The van der Waals surface area contributed by atoms with Crippen LogP contribution >= 0.6 is 0 Å². The molecule has 0 saturated heterocycles. The van der Waals surface area contributed by atoms with Gasteiger partial charge in [0.2, 0.25) is 0 Å². The largest absolute Gasteiger partial charge is 0.458 e. The molecule has 3 aliphatic carbocycles. The molecule has 0 spiro atoms. The molecule has 30 heavy (non-hydrogen) atoms. The molecule has 6 atom stereocenters. The highest BCUT2D eigenvalue weighted by molar-refractivity contribution is 5.89. The monoisotopic (exact) mass is 404 g/mol. The Balaban J connectivity index is 1.46. The van der Waals surface area contributed by atoms with Crippen LogP contribution in [0.3, 0.4) is 0 Å². The third kappa shape index (κ3) is 3.05. The molecule has 4 heteroatoms. The van der Waals surface area contributed by atoms with Crippen molar-refractivity contribution in [2.24, 2.45) is 23.2 Å². The van der Waals surface area contributed by atoms with Gasteiger partial charge in [0, 0.05) is 11.8 Å². The number of carbonyl (C=O) groups is 2. The quantitative estimate of drug-likeness (QED) is 0.691. The van der Waals surface area contributed by atoms with E-state index in [2.05, 4.69) is 24.3 Å². The SMILES string of the molecule is CC(C)(C)C(=O)OC1C2CC(C1OC(=O)c1ccccc1)C1c3ccccc3CC21. The van der Waals surface area contributed by atoms with E-state index in [1.807, 2.05) is 39.0 Å². The summed E-state index contributed by atoms with van der Waals surface area (Å²) in [5.41, 5.74) is 2.72. The molecule has 2 aromatic rings. The first-order valence-corrected chi connectivity index (χ1v) is 10.9. The zero-order valence-electron chi connectivity index (χ0n) is 17.7. The lowest BCUT2D eigenvalue weighted by atomic mass is 9.76. The first-order valence-electron chi connectivity index (χ1n) is 10.9. The third-order valence-electron chi connectivity index (χ3n) is 7.16. The van der Waals surface area contributed by atoms with E-state index in [1.54, 1.807) is 12.1 Å². The highest BCUT2D eigenvalue weighted by atomic mass is 16.6. The summed E-state index contributed by atoms with van der Waals surface area (Å²) >= 11 is 0. The molecule has 2 bridgehead atoms. The van der Waals surface area contributed by atoms with Crippen molar-refractivity contribution in [1.82, 2.24) is 0 Å². The number of ether oxygens (including phenoxy) is 2. The van der Waals surface area contributed by atoms with Gasteiger partial charge in [-0.05, 0) is 68.7 Å². The zero-order valence-corrected chi connectivity index (χ0v) is 17.7. The van der Waals surface area contributed by atoms with Gasteiger partial charge in [0.05, 0.1) is 11.0 Å². The van der Waals surface area contributed by atoms with E-state index in [1.165, 1.54) is 11.1 Å². The van der Waals surface area contributed by atoms with Crippen molar-refractivity contribution in [3.63, 3.8) is 0 Å². The van der Waals surface area contributed by atoms with Gasteiger partial charge in [0.1, 0.15) is 12.2 Å². The van der Waals surface area contributed by atoms with Crippen molar-refractivity contribution in [2.75, 3.05) is 0 Å². The number of hydrogen-bond donors (Lipinski definition) is 0. The summed E-state index contributed by atoms with van der Waals surface area (Å²) in [7, 11) is 0. The number of benzene rings is 2. The standard InChI is InChI=1S/C26H28O4/c1-26(2,3)25(28)30-22-19-14-20(21-17-12-8-7-11-16(17)13-18(19)21)23(22)29-24(27)15-9-5-4-6-10-15/h4-12,18-23H,13-14H2,1-3H3. The van der Waals surface area contributed by atoms with Crippen LogP contribution in [0.2, 0.25) is 0 Å². The lowest BCUT2D eigenvalue weighted by Crippen LogP contribution is -2.46. The number of rotatable bonds is 3. The molecule has 0 radical (unpaired) electrons. The summed E-state index contributed by atoms with van der Waals surface area (Å²) in [5.74, 6) is 0.684. The smallest absolute Gasteiger partial charge is 0.338 e. The van der Waals surface area contributed by atoms with E-state index in [0.29, 0.717) is 17.4 Å². The van der Waals surface area contributed by atoms with E-state index in [0.717, 1.165) is 12.8 Å². The molecule has 3 aliphatic rings. The predicted molar refractivity (Wildman–Crippen MR) is 113 cm³/mol. The molecule has 2 aromatic carbocycles. The van der Waals surface area contributed by atoms with Gasteiger partial charge >= 0.3 is 11.9 Å². The number of fused-ring (bicyclic) bond motifs is 7. The maximum atomic E-state index is 12.9. The zero-order chi connectivity index (χ0) is 21.0. The maximum absolute atomic E-state index is 12.9. The van der Waals surface area contributed by atoms with Crippen molar-refractivity contribution in [1.29, 1.82) is 0 Å². The Bertz CT molecular complexity index is 974. The van der Waals surface area contributed by atoms with E-state index in [9.17, 15) is 9.59 Å². The van der Waals surface area contributed by atoms with Crippen LogP contribution < -0.4 is 0 Å². The molecular formula is C26H28O4. The Morgan fingerprint density at radius 2 is 1.50 bits per heavy atom. The van der Waals surface area contributed by atoms with Crippen LogP contribution in [0.4, 0.5) is 0 Å². The molecule has 2 saturated carbocycles. The van der Waals surface area contributed by atoms with E-state index in [-0.39, 0.29) is 29.9 Å². The van der Waals surface area contributed by atoms with E-state index >= 15 is 0 Å². The summed E-state index contributed by atoms with van der Waals surface area (Å²) in [6, 6.07) is 17.7. The third-order valence-corrected chi connectivity index (χ3v) is 7.16. The molecule has 6 unspecified atom stereocenters. The Hall–Kier alpha value is -2.62. The Labute approximate surface area is 177 Å². The van der Waals surface area contributed by atoms with Crippen LogP contribution in [0.5, 0.6) is 0 Å². The molecule has 5 rings (SSSR count). The average Bonchev–Trinajstić information content (AvgIpc) is 3.37. The van der Waals surface area contributed by atoms with Crippen molar-refractivity contribution >= 4 is 11.9 Å². The number of carbonyl (C=O) groups excluding carboxylic acids is 2. The van der Waals surface area contributed by atoms with Crippen LogP contribution in [-0.4, -0.2) is 24.1 Å². The van der Waals surface area contributed by atoms with Gasteiger partial charge in [-0.25, -0.2) is 4.79 Å². The van der Waals surface area contributed by atoms with Gasteiger partial charge in [-0.1, -0.05) is 42.5 Å². The van der Waals surface area contributed by atoms with Crippen molar-refractivity contribution in [3.8, 4) is 0 Å². The summed E-state index contributed by atoms with van der Waals surface area (Å²) in [4.78, 5) is 25.6. The second-order valence-electron chi connectivity index (χ2n) is 10.0. The summed E-state index contributed by atoms with van der Waals surface area (Å²) in [6.45, 7) is 5.59. The molecule has 0 N–H and O–H groups in total. The van der Waals surface area contributed by atoms with E-state index in [4.69, 9.17) is 9.47 Å². The minimum Gasteiger partial charge on any atom is -0.458 e. The topological polar surface area (TPSA) is 52.6 Å². The fourth-order valence-electron chi connectivity index (χ4n) is 5.84. The normalized spacial score (nSPS) is 31.2. The van der Waals surface area contributed by atoms with Gasteiger partial charge < -0.3 is 9.47 Å². The summed E-state index contributed by atoms with van der Waals surface area (Å²) < 4.78 is 12.1. The second kappa shape index (κ2) is 6.97. The van der Waals surface area contributed by atoms with Gasteiger partial charge in [-0.3, -0.25) is 4.79 Å². The minimum absolute atomic E-state index is 0.189. The lowest BCUT2D eigenvalue weighted by molar-refractivity contribution is -0.170. The van der Waals surface area contributed by atoms with Crippen molar-refractivity contribution < 1.29 is 19.1 Å². The fourth-order valence-corrected chi connectivity index (χ4v) is 5.84. The molecule has 0 aliphatic heterocycles. The number of hydrogen-bond acceptors (Lipinski definition) is 4. The maximum Gasteiger partial charge on any atom is 0.338 e. The van der Waals surface area contributed by atoms with Crippen LogP contribution in [0, 0.1) is 23.2 Å².